The molecule has 0 unspecified atom stereocenters. The van der Waals surface area contributed by atoms with Crippen LogP contribution < -0.4 is 5.32 Å². The maximum Gasteiger partial charge on any atom is 0.234 e. The van der Waals surface area contributed by atoms with Gasteiger partial charge < -0.3 is 5.32 Å². The topological polar surface area (TPSA) is 59.8 Å². The van der Waals surface area contributed by atoms with Crippen molar-refractivity contribution in [2.24, 2.45) is 0 Å². The van der Waals surface area contributed by atoms with Gasteiger partial charge in [0, 0.05) is 22.0 Å². The van der Waals surface area contributed by atoms with E-state index in [1.165, 1.54) is 17.3 Å². The zero-order chi connectivity index (χ0) is 23.4. The van der Waals surface area contributed by atoms with Crippen molar-refractivity contribution >= 4 is 35.0 Å². The third kappa shape index (κ3) is 5.64. The molecule has 0 bridgehead atoms. The summed E-state index contributed by atoms with van der Waals surface area (Å²) in [5, 5.41) is 13.0. The first-order chi connectivity index (χ1) is 15.8. The average Bonchev–Trinajstić information content (AvgIpc) is 3.23. The Kier molecular flexibility index (Phi) is 6.86. The highest BCUT2D eigenvalue weighted by Crippen LogP contribution is 2.30. The van der Waals surface area contributed by atoms with Crippen molar-refractivity contribution in [3.63, 3.8) is 0 Å². The standard InChI is InChI=1S/C26H25ClN4OS/c1-26(2,3)19-11-9-18(10-12-19)24-29-30-25(31(24)22-7-5-4-6-8-22)33-17-23(32)28-21-15-13-20(27)14-16-21/h4-16H,17H2,1-3H3,(H,28,32). The number of nitrogens with one attached hydrogen (secondary N) is 1. The molecule has 7 heteroatoms. The van der Waals surface area contributed by atoms with E-state index in [2.05, 4.69) is 60.6 Å². The van der Waals surface area contributed by atoms with Gasteiger partial charge in [0.15, 0.2) is 11.0 Å². The number of carbonyl (C=O) groups excluding carboxylic acids is 1. The first-order valence-electron chi connectivity index (χ1n) is 10.6. The fourth-order valence-corrected chi connectivity index (χ4v) is 4.22. The summed E-state index contributed by atoms with van der Waals surface area (Å²) in [7, 11) is 0. The maximum absolute atomic E-state index is 12.5. The highest BCUT2D eigenvalue weighted by molar-refractivity contribution is 7.99. The van der Waals surface area contributed by atoms with Crippen molar-refractivity contribution in [1.29, 1.82) is 0 Å². The van der Waals surface area contributed by atoms with Gasteiger partial charge in [0.1, 0.15) is 0 Å². The average molecular weight is 477 g/mol. The molecule has 0 aliphatic heterocycles. The molecule has 0 aliphatic rings. The summed E-state index contributed by atoms with van der Waals surface area (Å²) in [6.07, 6.45) is 0. The molecule has 0 atom stereocenters. The largest absolute Gasteiger partial charge is 0.325 e. The van der Waals surface area contributed by atoms with Crippen LogP contribution in [0, 0.1) is 0 Å². The van der Waals surface area contributed by atoms with Crippen LogP contribution in [0.3, 0.4) is 0 Å². The number of amides is 1. The second-order valence-electron chi connectivity index (χ2n) is 8.65. The van der Waals surface area contributed by atoms with Crippen molar-refractivity contribution in [1.82, 2.24) is 14.8 Å². The van der Waals surface area contributed by atoms with Crippen molar-refractivity contribution < 1.29 is 4.79 Å². The molecule has 3 aromatic carbocycles. The molecule has 168 valence electrons. The van der Waals surface area contributed by atoms with Gasteiger partial charge in [0.05, 0.1) is 5.75 Å². The van der Waals surface area contributed by atoms with Crippen molar-refractivity contribution in [2.45, 2.75) is 31.3 Å². The lowest BCUT2D eigenvalue weighted by Crippen LogP contribution is -2.14. The van der Waals surface area contributed by atoms with Gasteiger partial charge in [-0.05, 0) is 47.4 Å². The lowest BCUT2D eigenvalue weighted by molar-refractivity contribution is -0.113. The lowest BCUT2D eigenvalue weighted by atomic mass is 9.87. The number of benzene rings is 3. The molecule has 5 nitrogen and oxygen atoms in total. The summed E-state index contributed by atoms with van der Waals surface area (Å²) >= 11 is 7.26. The molecule has 0 spiro atoms. The van der Waals surface area contributed by atoms with Gasteiger partial charge in [-0.2, -0.15) is 0 Å². The Morgan fingerprint density at radius 2 is 1.61 bits per heavy atom. The molecule has 0 saturated heterocycles. The zero-order valence-corrected chi connectivity index (χ0v) is 20.3. The van der Waals surface area contributed by atoms with E-state index in [1.54, 1.807) is 24.3 Å². The number of carbonyl (C=O) groups is 1. The van der Waals surface area contributed by atoms with Gasteiger partial charge in [0.25, 0.3) is 0 Å². The molecule has 1 amide bonds. The summed E-state index contributed by atoms with van der Waals surface area (Å²) < 4.78 is 1.99. The van der Waals surface area contributed by atoms with Crippen LogP contribution in [-0.4, -0.2) is 26.4 Å². The molecular weight excluding hydrogens is 452 g/mol. The van der Waals surface area contributed by atoms with Gasteiger partial charge >= 0.3 is 0 Å². The highest BCUT2D eigenvalue weighted by Gasteiger charge is 2.19. The molecule has 0 radical (unpaired) electrons. The van der Waals surface area contributed by atoms with E-state index < -0.39 is 0 Å². The first kappa shape index (κ1) is 23.1. The van der Waals surface area contributed by atoms with Gasteiger partial charge in [-0.1, -0.05) is 86.6 Å². The van der Waals surface area contributed by atoms with Crippen molar-refractivity contribution in [3.8, 4) is 17.1 Å². The number of hydrogen-bond donors (Lipinski definition) is 1. The zero-order valence-electron chi connectivity index (χ0n) is 18.7. The number of hydrogen-bond acceptors (Lipinski definition) is 4. The Balaban J connectivity index is 1.59. The Labute approximate surface area is 203 Å². The van der Waals surface area contributed by atoms with Crippen LogP contribution in [0.1, 0.15) is 26.3 Å². The molecule has 0 saturated carbocycles. The Bertz CT molecular complexity index is 1230. The Morgan fingerprint density at radius 3 is 2.24 bits per heavy atom. The highest BCUT2D eigenvalue weighted by atomic mass is 35.5. The molecule has 0 aliphatic carbocycles. The normalized spacial score (nSPS) is 11.4. The van der Waals surface area contributed by atoms with Gasteiger partial charge in [0.2, 0.25) is 5.91 Å². The molecular formula is C26H25ClN4OS. The molecule has 33 heavy (non-hydrogen) atoms. The third-order valence-electron chi connectivity index (χ3n) is 5.12. The molecule has 4 aromatic rings. The van der Waals surface area contributed by atoms with E-state index in [1.807, 2.05) is 34.9 Å². The lowest BCUT2D eigenvalue weighted by Gasteiger charge is -2.19. The van der Waals surface area contributed by atoms with E-state index >= 15 is 0 Å². The number of halogens is 1. The van der Waals surface area contributed by atoms with Crippen LogP contribution in [0.15, 0.2) is 84.0 Å². The number of nitrogens with zero attached hydrogens (tertiary/aromatic N) is 3. The van der Waals surface area contributed by atoms with Gasteiger partial charge in [-0.3, -0.25) is 9.36 Å². The predicted octanol–water partition coefficient (Wildman–Crippen LogP) is 6.62. The predicted molar refractivity (Wildman–Crippen MR) is 136 cm³/mol. The minimum absolute atomic E-state index is 0.0735. The van der Waals surface area contributed by atoms with Crippen LogP contribution in [0.4, 0.5) is 5.69 Å². The van der Waals surface area contributed by atoms with E-state index in [0.717, 1.165) is 17.1 Å². The monoisotopic (exact) mass is 476 g/mol. The van der Waals surface area contributed by atoms with Gasteiger partial charge in [-0.15, -0.1) is 10.2 Å². The quantitative estimate of drug-likeness (QED) is 0.318. The second-order valence-corrected chi connectivity index (χ2v) is 10.0. The number of anilines is 1. The summed E-state index contributed by atoms with van der Waals surface area (Å²) in [6.45, 7) is 6.58. The van der Waals surface area contributed by atoms with E-state index in [4.69, 9.17) is 11.6 Å². The fraction of sp³-hybridized carbons (Fsp3) is 0.192. The SMILES string of the molecule is CC(C)(C)c1ccc(-c2nnc(SCC(=O)Nc3ccc(Cl)cc3)n2-c2ccccc2)cc1. The van der Waals surface area contributed by atoms with Crippen LogP contribution in [-0.2, 0) is 10.2 Å². The molecule has 4 rings (SSSR count). The van der Waals surface area contributed by atoms with E-state index in [0.29, 0.717) is 15.9 Å². The van der Waals surface area contributed by atoms with Crippen LogP contribution in [0.25, 0.3) is 17.1 Å². The van der Waals surface area contributed by atoms with Crippen LogP contribution in [0.5, 0.6) is 0 Å². The molecule has 0 fully saturated rings. The smallest absolute Gasteiger partial charge is 0.234 e. The van der Waals surface area contributed by atoms with Crippen LogP contribution >= 0.6 is 23.4 Å². The summed E-state index contributed by atoms with van der Waals surface area (Å²) in [5.41, 5.74) is 3.94. The number of thioether (sulfide) groups is 1. The van der Waals surface area contributed by atoms with E-state index in [-0.39, 0.29) is 17.1 Å². The second kappa shape index (κ2) is 9.81. The molecule has 1 N–H and O–H groups in total. The summed E-state index contributed by atoms with van der Waals surface area (Å²) in [4.78, 5) is 12.5. The minimum atomic E-state index is -0.124. The molecule has 1 heterocycles. The number of para-hydroxylation sites is 1. The number of rotatable bonds is 6. The van der Waals surface area contributed by atoms with Crippen molar-refractivity contribution in [3.05, 3.63) is 89.4 Å². The third-order valence-corrected chi connectivity index (χ3v) is 6.30. The Hall–Kier alpha value is -3.09. The fourth-order valence-electron chi connectivity index (χ4n) is 3.34. The number of aromatic nitrogens is 3. The van der Waals surface area contributed by atoms with Crippen molar-refractivity contribution in [2.75, 3.05) is 11.1 Å². The Morgan fingerprint density at radius 1 is 0.939 bits per heavy atom. The van der Waals surface area contributed by atoms with Crippen LogP contribution in [0.2, 0.25) is 5.02 Å². The minimum Gasteiger partial charge on any atom is -0.325 e. The maximum atomic E-state index is 12.5. The first-order valence-corrected chi connectivity index (χ1v) is 12.0. The summed E-state index contributed by atoms with van der Waals surface area (Å²) in [5.74, 6) is 0.819. The van der Waals surface area contributed by atoms with E-state index in [9.17, 15) is 4.79 Å². The summed E-state index contributed by atoms with van der Waals surface area (Å²) in [6, 6.07) is 25.4. The molecule has 1 aromatic heterocycles. The van der Waals surface area contributed by atoms with Gasteiger partial charge in [-0.25, -0.2) is 0 Å².